The van der Waals surface area contributed by atoms with E-state index in [4.69, 9.17) is 4.42 Å². The number of hydrogen-bond donors (Lipinski definition) is 0. The first-order valence-corrected chi connectivity index (χ1v) is 4.33. The van der Waals surface area contributed by atoms with Gasteiger partial charge in [-0.3, -0.25) is 0 Å². The van der Waals surface area contributed by atoms with Crippen LogP contribution in [-0.2, 0) is 6.42 Å². The second-order valence-corrected chi connectivity index (χ2v) is 2.94. The summed E-state index contributed by atoms with van der Waals surface area (Å²) in [7, 11) is 0. The molecule has 0 unspecified atom stereocenters. The van der Waals surface area contributed by atoms with E-state index in [1.165, 1.54) is 0 Å². The van der Waals surface area contributed by atoms with Gasteiger partial charge in [-0.15, -0.1) is 0 Å². The molecule has 0 bridgehead atoms. The monoisotopic (exact) mass is 174 g/mol. The van der Waals surface area contributed by atoms with Crippen LogP contribution in [0.15, 0.2) is 39.5 Å². The third-order valence-electron chi connectivity index (χ3n) is 2.07. The van der Waals surface area contributed by atoms with Crippen molar-refractivity contribution in [3.63, 3.8) is 0 Å². The Labute approximate surface area is 75.8 Å². The lowest BCUT2D eigenvalue weighted by molar-refractivity contribution is 0.472. The number of aryl methyl sites for hydroxylation is 1. The minimum atomic E-state index is -0.241. The van der Waals surface area contributed by atoms with Gasteiger partial charge in [0, 0.05) is 6.42 Å². The molecule has 0 amide bonds. The molecule has 0 fully saturated rings. The standard InChI is InChI=1S/C11H10O2/c1-2-9-7-8-5-3-4-6-10(8)11(12)13-9/h3-7H,2H2,1H3. The fourth-order valence-electron chi connectivity index (χ4n) is 1.36. The SMILES string of the molecule is CCc1cc2ccccc2c(=O)o1. The van der Waals surface area contributed by atoms with Crippen molar-refractivity contribution in [3.05, 3.63) is 46.5 Å². The first-order valence-electron chi connectivity index (χ1n) is 4.33. The van der Waals surface area contributed by atoms with Crippen molar-refractivity contribution in [2.45, 2.75) is 13.3 Å². The van der Waals surface area contributed by atoms with E-state index in [1.54, 1.807) is 6.07 Å². The van der Waals surface area contributed by atoms with Crippen LogP contribution < -0.4 is 5.63 Å². The van der Waals surface area contributed by atoms with Crippen LogP contribution in [-0.4, -0.2) is 0 Å². The molecule has 1 aromatic carbocycles. The van der Waals surface area contributed by atoms with Crippen LogP contribution in [0.2, 0.25) is 0 Å². The second kappa shape index (κ2) is 3.05. The van der Waals surface area contributed by atoms with Crippen LogP contribution in [0.25, 0.3) is 10.8 Å². The zero-order valence-electron chi connectivity index (χ0n) is 7.41. The zero-order chi connectivity index (χ0) is 9.26. The first kappa shape index (κ1) is 8.05. The van der Waals surface area contributed by atoms with Gasteiger partial charge in [0.25, 0.3) is 0 Å². The van der Waals surface area contributed by atoms with Crippen LogP contribution in [0, 0.1) is 0 Å². The van der Waals surface area contributed by atoms with E-state index >= 15 is 0 Å². The fourth-order valence-corrected chi connectivity index (χ4v) is 1.36. The van der Waals surface area contributed by atoms with Gasteiger partial charge in [-0.2, -0.15) is 0 Å². The molecule has 2 rings (SSSR count). The van der Waals surface area contributed by atoms with Crippen LogP contribution in [0.4, 0.5) is 0 Å². The largest absolute Gasteiger partial charge is 0.427 e. The molecular weight excluding hydrogens is 164 g/mol. The van der Waals surface area contributed by atoms with Crippen LogP contribution in [0.3, 0.4) is 0 Å². The molecule has 1 aromatic heterocycles. The summed E-state index contributed by atoms with van der Waals surface area (Å²) in [6.07, 6.45) is 0.750. The average Bonchev–Trinajstić information content (AvgIpc) is 2.18. The minimum Gasteiger partial charge on any atom is -0.427 e. The number of rotatable bonds is 1. The van der Waals surface area contributed by atoms with Crippen molar-refractivity contribution in [2.75, 3.05) is 0 Å². The van der Waals surface area contributed by atoms with Gasteiger partial charge < -0.3 is 4.42 Å². The highest BCUT2D eigenvalue weighted by atomic mass is 16.4. The van der Waals surface area contributed by atoms with E-state index in [0.717, 1.165) is 17.6 Å². The van der Waals surface area contributed by atoms with Crippen molar-refractivity contribution in [2.24, 2.45) is 0 Å². The Kier molecular flexibility index (Phi) is 1.89. The molecule has 66 valence electrons. The highest BCUT2D eigenvalue weighted by Gasteiger charge is 2.00. The molecule has 1 heterocycles. The quantitative estimate of drug-likeness (QED) is 0.664. The van der Waals surface area contributed by atoms with Gasteiger partial charge in [-0.25, -0.2) is 4.79 Å². The Balaban J connectivity index is 2.85. The van der Waals surface area contributed by atoms with Crippen molar-refractivity contribution in [1.82, 2.24) is 0 Å². The van der Waals surface area contributed by atoms with Gasteiger partial charge in [-0.1, -0.05) is 25.1 Å². The lowest BCUT2D eigenvalue weighted by Crippen LogP contribution is -2.00. The molecule has 0 saturated carbocycles. The molecule has 0 aliphatic carbocycles. The van der Waals surface area contributed by atoms with Crippen LogP contribution in [0.1, 0.15) is 12.7 Å². The normalized spacial score (nSPS) is 10.5. The molecule has 0 aliphatic heterocycles. The zero-order valence-corrected chi connectivity index (χ0v) is 7.41. The van der Waals surface area contributed by atoms with Crippen molar-refractivity contribution < 1.29 is 4.42 Å². The Hall–Kier alpha value is -1.57. The molecule has 2 nitrogen and oxygen atoms in total. The summed E-state index contributed by atoms with van der Waals surface area (Å²) in [4.78, 5) is 11.4. The van der Waals surface area contributed by atoms with Gasteiger partial charge in [0.15, 0.2) is 0 Å². The molecule has 0 aliphatic rings. The summed E-state index contributed by atoms with van der Waals surface area (Å²) in [5, 5.41) is 1.61. The van der Waals surface area contributed by atoms with Crippen molar-refractivity contribution >= 4 is 10.8 Å². The number of fused-ring (bicyclic) bond motifs is 1. The predicted molar refractivity (Wildman–Crippen MR) is 51.9 cm³/mol. The first-order chi connectivity index (χ1) is 6.31. The summed E-state index contributed by atoms with van der Waals surface area (Å²) in [6.45, 7) is 1.97. The molecule has 2 heteroatoms. The van der Waals surface area contributed by atoms with Gasteiger partial charge in [0.2, 0.25) is 0 Å². The van der Waals surface area contributed by atoms with Crippen LogP contribution >= 0.6 is 0 Å². The highest BCUT2D eigenvalue weighted by Crippen LogP contribution is 2.11. The molecule has 0 spiro atoms. The Bertz CT molecular complexity index is 483. The van der Waals surface area contributed by atoms with Gasteiger partial charge >= 0.3 is 5.63 Å². The third kappa shape index (κ3) is 1.35. The molecule has 0 N–H and O–H groups in total. The number of hydrogen-bond acceptors (Lipinski definition) is 2. The molecule has 0 radical (unpaired) electrons. The van der Waals surface area contributed by atoms with E-state index in [0.29, 0.717) is 5.39 Å². The van der Waals surface area contributed by atoms with E-state index in [9.17, 15) is 4.79 Å². The predicted octanol–water partition coefficient (Wildman–Crippen LogP) is 2.36. The summed E-state index contributed by atoms with van der Waals surface area (Å²) in [5.41, 5.74) is -0.241. The van der Waals surface area contributed by atoms with Gasteiger partial charge in [0.05, 0.1) is 5.39 Å². The topological polar surface area (TPSA) is 30.2 Å². The summed E-state index contributed by atoms with van der Waals surface area (Å²) in [6, 6.07) is 9.37. The van der Waals surface area contributed by atoms with E-state index in [2.05, 4.69) is 0 Å². The molecule has 0 saturated heterocycles. The Morgan fingerprint density at radius 2 is 2.08 bits per heavy atom. The van der Waals surface area contributed by atoms with Crippen LogP contribution in [0.5, 0.6) is 0 Å². The lowest BCUT2D eigenvalue weighted by atomic mass is 10.1. The maximum atomic E-state index is 11.4. The molecule has 2 aromatic rings. The summed E-state index contributed by atoms with van der Waals surface area (Å²) >= 11 is 0. The summed E-state index contributed by atoms with van der Waals surface area (Å²) < 4.78 is 5.08. The molecular formula is C11H10O2. The van der Waals surface area contributed by atoms with Crippen molar-refractivity contribution in [1.29, 1.82) is 0 Å². The maximum absolute atomic E-state index is 11.4. The third-order valence-corrected chi connectivity index (χ3v) is 2.07. The average molecular weight is 174 g/mol. The Morgan fingerprint density at radius 3 is 2.85 bits per heavy atom. The lowest BCUT2D eigenvalue weighted by Gasteiger charge is -1.98. The second-order valence-electron chi connectivity index (χ2n) is 2.94. The molecule has 13 heavy (non-hydrogen) atoms. The van der Waals surface area contributed by atoms with Gasteiger partial charge in [0.1, 0.15) is 5.76 Å². The molecule has 0 atom stereocenters. The highest BCUT2D eigenvalue weighted by molar-refractivity contribution is 5.81. The Morgan fingerprint density at radius 1 is 1.31 bits per heavy atom. The van der Waals surface area contributed by atoms with Crippen molar-refractivity contribution in [3.8, 4) is 0 Å². The minimum absolute atomic E-state index is 0.241. The van der Waals surface area contributed by atoms with Gasteiger partial charge in [-0.05, 0) is 17.5 Å². The van der Waals surface area contributed by atoms with E-state index in [1.807, 2.05) is 31.2 Å². The van der Waals surface area contributed by atoms with E-state index < -0.39 is 0 Å². The smallest absolute Gasteiger partial charge is 0.343 e. The maximum Gasteiger partial charge on any atom is 0.343 e. The number of benzene rings is 1. The summed E-state index contributed by atoms with van der Waals surface area (Å²) in [5.74, 6) is 0.740. The van der Waals surface area contributed by atoms with E-state index in [-0.39, 0.29) is 5.63 Å². The fraction of sp³-hybridized carbons (Fsp3) is 0.182.